The molecule has 1 saturated heterocycles. The van der Waals surface area contributed by atoms with E-state index in [0.29, 0.717) is 0 Å². The zero-order valence-electron chi connectivity index (χ0n) is 12.0. The van der Waals surface area contributed by atoms with Crippen LogP contribution in [0.25, 0.3) is 0 Å². The van der Waals surface area contributed by atoms with Crippen molar-refractivity contribution in [2.24, 2.45) is 5.73 Å². The molecular formula is C18H20ClNO. The van der Waals surface area contributed by atoms with Crippen LogP contribution in [0.15, 0.2) is 54.6 Å². The van der Waals surface area contributed by atoms with E-state index in [2.05, 4.69) is 30.3 Å². The van der Waals surface area contributed by atoms with E-state index in [4.69, 9.17) is 22.1 Å². The fourth-order valence-corrected chi connectivity index (χ4v) is 3.50. The first-order valence-corrected chi connectivity index (χ1v) is 7.74. The highest BCUT2D eigenvalue weighted by molar-refractivity contribution is 6.30. The zero-order valence-corrected chi connectivity index (χ0v) is 12.7. The number of benzene rings is 2. The molecule has 0 bridgehead atoms. The largest absolute Gasteiger partial charge is 0.381 e. The Morgan fingerprint density at radius 1 is 1.00 bits per heavy atom. The molecule has 2 aromatic rings. The maximum absolute atomic E-state index is 6.69. The maximum atomic E-state index is 6.69. The summed E-state index contributed by atoms with van der Waals surface area (Å²) >= 11 is 6.14. The van der Waals surface area contributed by atoms with Crippen LogP contribution in [0.2, 0.25) is 5.02 Å². The van der Waals surface area contributed by atoms with Crippen molar-refractivity contribution in [2.75, 3.05) is 13.2 Å². The van der Waals surface area contributed by atoms with E-state index >= 15 is 0 Å². The molecule has 0 saturated carbocycles. The summed E-state index contributed by atoms with van der Waals surface area (Å²) in [5, 5.41) is 0.734. The Hall–Kier alpha value is -1.35. The molecule has 110 valence electrons. The highest BCUT2D eigenvalue weighted by atomic mass is 35.5. The Morgan fingerprint density at radius 3 is 2.38 bits per heavy atom. The summed E-state index contributed by atoms with van der Waals surface area (Å²) in [5.74, 6) is 0. The molecule has 0 amide bonds. The van der Waals surface area contributed by atoms with Crippen LogP contribution in [0.4, 0.5) is 0 Å². The molecule has 21 heavy (non-hydrogen) atoms. The molecule has 1 heterocycles. The van der Waals surface area contributed by atoms with E-state index in [1.165, 1.54) is 5.56 Å². The van der Waals surface area contributed by atoms with Crippen molar-refractivity contribution in [3.05, 3.63) is 70.7 Å². The van der Waals surface area contributed by atoms with Crippen LogP contribution in [0.5, 0.6) is 0 Å². The number of ether oxygens (including phenoxy) is 1. The Balaban J connectivity index is 2.03. The van der Waals surface area contributed by atoms with E-state index in [0.717, 1.165) is 36.6 Å². The van der Waals surface area contributed by atoms with Gasteiger partial charge < -0.3 is 10.5 Å². The van der Waals surface area contributed by atoms with Crippen molar-refractivity contribution in [3.63, 3.8) is 0 Å². The highest BCUT2D eigenvalue weighted by Gasteiger charge is 2.40. The van der Waals surface area contributed by atoms with Gasteiger partial charge in [0, 0.05) is 29.7 Å². The first-order chi connectivity index (χ1) is 10.2. The van der Waals surface area contributed by atoms with E-state index in [1.807, 2.05) is 24.3 Å². The number of hydrogen-bond acceptors (Lipinski definition) is 2. The average molecular weight is 302 g/mol. The van der Waals surface area contributed by atoms with Gasteiger partial charge in [-0.15, -0.1) is 0 Å². The quantitative estimate of drug-likeness (QED) is 0.927. The van der Waals surface area contributed by atoms with Crippen LogP contribution >= 0.6 is 11.6 Å². The molecule has 0 radical (unpaired) electrons. The molecule has 2 aromatic carbocycles. The SMILES string of the molecule is NC(c1cccc(Cl)c1)C1(c2ccccc2)CCOCC1. The van der Waals surface area contributed by atoms with Gasteiger partial charge in [0.1, 0.15) is 0 Å². The number of nitrogens with two attached hydrogens (primary N) is 1. The number of halogens is 1. The lowest BCUT2D eigenvalue weighted by Gasteiger charge is -2.42. The lowest BCUT2D eigenvalue weighted by molar-refractivity contribution is 0.0398. The van der Waals surface area contributed by atoms with Crippen molar-refractivity contribution in [3.8, 4) is 0 Å². The van der Waals surface area contributed by atoms with E-state index < -0.39 is 0 Å². The Kier molecular flexibility index (Phi) is 4.29. The van der Waals surface area contributed by atoms with Crippen molar-refractivity contribution in [1.29, 1.82) is 0 Å². The van der Waals surface area contributed by atoms with Crippen molar-refractivity contribution < 1.29 is 4.74 Å². The van der Waals surface area contributed by atoms with Crippen LogP contribution in [0.1, 0.15) is 30.0 Å². The molecule has 1 aliphatic rings. The van der Waals surface area contributed by atoms with Gasteiger partial charge in [-0.1, -0.05) is 54.1 Å². The van der Waals surface area contributed by atoms with Crippen molar-refractivity contribution in [1.82, 2.24) is 0 Å². The lowest BCUT2D eigenvalue weighted by atomic mass is 9.67. The first-order valence-electron chi connectivity index (χ1n) is 7.37. The van der Waals surface area contributed by atoms with E-state index in [-0.39, 0.29) is 11.5 Å². The Labute approximate surface area is 130 Å². The van der Waals surface area contributed by atoms with E-state index in [9.17, 15) is 0 Å². The van der Waals surface area contributed by atoms with Gasteiger partial charge in [-0.2, -0.15) is 0 Å². The van der Waals surface area contributed by atoms with Gasteiger partial charge >= 0.3 is 0 Å². The second kappa shape index (κ2) is 6.18. The normalized spacial score (nSPS) is 19.1. The molecule has 1 fully saturated rings. The lowest BCUT2D eigenvalue weighted by Crippen LogP contribution is -2.43. The summed E-state index contributed by atoms with van der Waals surface area (Å²) in [6.45, 7) is 1.51. The minimum atomic E-state index is -0.0810. The third kappa shape index (κ3) is 2.84. The smallest absolute Gasteiger partial charge is 0.0475 e. The monoisotopic (exact) mass is 301 g/mol. The van der Waals surface area contributed by atoms with Crippen LogP contribution in [-0.4, -0.2) is 13.2 Å². The third-order valence-corrected chi connectivity index (χ3v) is 4.77. The predicted octanol–water partition coefficient (Wildman–Crippen LogP) is 4.09. The van der Waals surface area contributed by atoms with Crippen molar-refractivity contribution >= 4 is 11.6 Å². The second-order valence-corrected chi connectivity index (χ2v) is 6.10. The predicted molar refractivity (Wildman–Crippen MR) is 86.6 cm³/mol. The molecule has 1 aliphatic heterocycles. The fourth-order valence-electron chi connectivity index (χ4n) is 3.30. The maximum Gasteiger partial charge on any atom is 0.0475 e. The first kappa shape index (κ1) is 14.6. The number of rotatable bonds is 3. The molecule has 0 aliphatic carbocycles. The molecule has 2 N–H and O–H groups in total. The van der Waals surface area contributed by atoms with Gasteiger partial charge in [-0.25, -0.2) is 0 Å². The van der Waals surface area contributed by atoms with E-state index in [1.54, 1.807) is 0 Å². The zero-order chi connectivity index (χ0) is 14.7. The third-order valence-electron chi connectivity index (χ3n) is 4.54. The molecule has 1 unspecified atom stereocenters. The molecule has 0 aromatic heterocycles. The molecule has 3 heteroatoms. The van der Waals surface area contributed by atoms with Crippen molar-refractivity contribution in [2.45, 2.75) is 24.3 Å². The Bertz CT molecular complexity index is 593. The van der Waals surface area contributed by atoms with Crippen LogP contribution in [-0.2, 0) is 10.2 Å². The standard InChI is InChI=1S/C18H20ClNO/c19-16-8-4-5-14(13-16)17(20)18(9-11-21-12-10-18)15-6-2-1-3-7-15/h1-8,13,17H,9-12,20H2. The summed E-state index contributed by atoms with van der Waals surface area (Å²) in [7, 11) is 0. The van der Waals surface area contributed by atoms with Gasteiger partial charge in [0.15, 0.2) is 0 Å². The van der Waals surface area contributed by atoms with Gasteiger partial charge in [0.05, 0.1) is 0 Å². The van der Waals surface area contributed by atoms with Crippen LogP contribution in [0.3, 0.4) is 0 Å². The molecule has 3 rings (SSSR count). The average Bonchev–Trinajstić information content (AvgIpc) is 2.55. The number of hydrogen-bond donors (Lipinski definition) is 1. The minimum absolute atomic E-state index is 0.0792. The minimum Gasteiger partial charge on any atom is -0.381 e. The van der Waals surface area contributed by atoms with Gasteiger partial charge in [0.25, 0.3) is 0 Å². The summed E-state index contributed by atoms with van der Waals surface area (Å²) in [5.41, 5.74) is 9.00. The summed E-state index contributed by atoms with van der Waals surface area (Å²) in [6, 6.07) is 18.4. The Morgan fingerprint density at radius 2 is 1.71 bits per heavy atom. The van der Waals surface area contributed by atoms with Gasteiger partial charge in [0.2, 0.25) is 0 Å². The molecule has 2 nitrogen and oxygen atoms in total. The highest BCUT2D eigenvalue weighted by Crippen LogP contribution is 2.44. The summed E-state index contributed by atoms with van der Waals surface area (Å²) in [6.07, 6.45) is 1.87. The van der Waals surface area contributed by atoms with Crippen LogP contribution < -0.4 is 5.73 Å². The fraction of sp³-hybridized carbons (Fsp3) is 0.333. The van der Waals surface area contributed by atoms with Crippen LogP contribution in [0, 0.1) is 0 Å². The molecular weight excluding hydrogens is 282 g/mol. The second-order valence-electron chi connectivity index (χ2n) is 5.67. The topological polar surface area (TPSA) is 35.2 Å². The molecule has 0 spiro atoms. The molecule has 1 atom stereocenters. The van der Waals surface area contributed by atoms with Gasteiger partial charge in [-0.3, -0.25) is 0 Å². The summed E-state index contributed by atoms with van der Waals surface area (Å²) in [4.78, 5) is 0. The summed E-state index contributed by atoms with van der Waals surface area (Å²) < 4.78 is 5.57. The van der Waals surface area contributed by atoms with Gasteiger partial charge in [-0.05, 0) is 36.1 Å².